The highest BCUT2D eigenvalue weighted by molar-refractivity contribution is 8.01. The third-order valence-electron chi connectivity index (χ3n) is 4.28. The van der Waals surface area contributed by atoms with Gasteiger partial charge in [0.2, 0.25) is 5.91 Å². The molecule has 1 aliphatic rings. The molecule has 0 aromatic carbocycles. The molecule has 0 radical (unpaired) electrons. The van der Waals surface area contributed by atoms with E-state index in [9.17, 15) is 19.7 Å². The fourth-order valence-electron chi connectivity index (χ4n) is 2.78. The molecule has 0 bridgehead atoms. The van der Waals surface area contributed by atoms with Crippen molar-refractivity contribution in [3.8, 4) is 0 Å². The van der Waals surface area contributed by atoms with Crippen LogP contribution >= 0.6 is 46.3 Å². The zero-order valence-corrected chi connectivity index (χ0v) is 17.4. The third kappa shape index (κ3) is 4.40. The Labute approximate surface area is 178 Å². The molecule has 0 spiro atoms. The number of aromatic nitrogens is 1. The number of halogens is 2. The molecule has 148 valence electrons. The van der Waals surface area contributed by atoms with Crippen LogP contribution in [-0.4, -0.2) is 39.7 Å². The fraction of sp³-hybridized carbons (Fsp3) is 0.312. The lowest BCUT2D eigenvalue weighted by Gasteiger charge is -2.30. The molecule has 2 aromatic heterocycles. The average molecular weight is 461 g/mol. The molecule has 28 heavy (non-hydrogen) atoms. The molecule has 1 aliphatic heterocycles. The van der Waals surface area contributed by atoms with Crippen LogP contribution < -0.4 is 5.73 Å². The molecule has 3 rings (SSSR count). The fourth-order valence-corrected chi connectivity index (χ4v) is 5.61. The first-order chi connectivity index (χ1) is 13.3. The van der Waals surface area contributed by atoms with Crippen LogP contribution in [0.4, 0.5) is 5.69 Å². The molecule has 1 saturated heterocycles. The van der Waals surface area contributed by atoms with Gasteiger partial charge in [0.1, 0.15) is 9.09 Å². The summed E-state index contributed by atoms with van der Waals surface area (Å²) in [5.74, 6) is -0.928. The van der Waals surface area contributed by atoms with E-state index in [-0.39, 0.29) is 38.3 Å². The van der Waals surface area contributed by atoms with Gasteiger partial charge in [-0.25, -0.2) is 0 Å². The largest absolute Gasteiger partial charge is 0.369 e. The van der Waals surface area contributed by atoms with Crippen LogP contribution in [-0.2, 0) is 4.79 Å². The molecule has 0 atom stereocenters. The summed E-state index contributed by atoms with van der Waals surface area (Å²) in [6, 6.07) is 1.26. The second-order valence-corrected chi connectivity index (χ2v) is 9.19. The van der Waals surface area contributed by atoms with Crippen LogP contribution in [0, 0.1) is 16.0 Å². The van der Waals surface area contributed by atoms with E-state index in [0.717, 1.165) is 23.1 Å². The smallest absolute Gasteiger partial charge is 0.294 e. The van der Waals surface area contributed by atoms with Gasteiger partial charge in [0.15, 0.2) is 0 Å². The van der Waals surface area contributed by atoms with E-state index >= 15 is 0 Å². The Kier molecular flexibility index (Phi) is 6.43. The summed E-state index contributed by atoms with van der Waals surface area (Å²) < 4.78 is 0.301. The first-order valence-electron chi connectivity index (χ1n) is 8.11. The second-order valence-electron chi connectivity index (χ2n) is 6.04. The minimum atomic E-state index is -0.544. The third-order valence-corrected chi connectivity index (χ3v) is 7.52. The SMILES string of the molecule is NC(=O)C1CCN(C(=O)c2cc([N+](=O)[O-])c(Sc3c(Cl)cncc3Cl)s2)CC1. The quantitative estimate of drug-likeness (QED) is 0.534. The molecule has 2 amide bonds. The van der Waals surface area contributed by atoms with Crippen molar-refractivity contribution < 1.29 is 14.5 Å². The van der Waals surface area contributed by atoms with Gasteiger partial charge in [0, 0.05) is 37.5 Å². The van der Waals surface area contributed by atoms with E-state index in [1.807, 2.05) is 0 Å². The van der Waals surface area contributed by atoms with Crippen molar-refractivity contribution in [3.63, 3.8) is 0 Å². The number of carbonyl (C=O) groups excluding carboxylic acids is 2. The second kappa shape index (κ2) is 8.64. The van der Waals surface area contributed by atoms with E-state index in [1.54, 1.807) is 4.90 Å². The van der Waals surface area contributed by atoms with E-state index < -0.39 is 4.92 Å². The number of amides is 2. The number of primary amides is 1. The normalized spacial score (nSPS) is 14.9. The van der Waals surface area contributed by atoms with E-state index in [4.69, 9.17) is 28.9 Å². The Morgan fingerprint density at radius 1 is 1.29 bits per heavy atom. The minimum absolute atomic E-state index is 0.186. The summed E-state index contributed by atoms with van der Waals surface area (Å²) >= 11 is 14.2. The van der Waals surface area contributed by atoms with Gasteiger partial charge in [0.05, 0.1) is 19.9 Å². The van der Waals surface area contributed by atoms with Gasteiger partial charge in [-0.15, -0.1) is 11.3 Å². The zero-order valence-electron chi connectivity index (χ0n) is 14.3. The maximum atomic E-state index is 12.8. The van der Waals surface area contributed by atoms with Crippen LogP contribution in [0.5, 0.6) is 0 Å². The summed E-state index contributed by atoms with van der Waals surface area (Å²) in [5.41, 5.74) is 5.12. The lowest BCUT2D eigenvalue weighted by molar-refractivity contribution is -0.387. The van der Waals surface area contributed by atoms with Gasteiger partial charge in [-0.1, -0.05) is 35.0 Å². The maximum absolute atomic E-state index is 12.8. The number of hydrogen-bond donors (Lipinski definition) is 1. The van der Waals surface area contributed by atoms with Crippen molar-refractivity contribution in [2.75, 3.05) is 13.1 Å². The van der Waals surface area contributed by atoms with Crippen LogP contribution in [0.15, 0.2) is 27.6 Å². The van der Waals surface area contributed by atoms with Gasteiger partial charge in [-0.2, -0.15) is 0 Å². The van der Waals surface area contributed by atoms with Crippen molar-refractivity contribution in [2.45, 2.75) is 21.9 Å². The van der Waals surface area contributed by atoms with Gasteiger partial charge < -0.3 is 10.6 Å². The van der Waals surface area contributed by atoms with Gasteiger partial charge >= 0.3 is 0 Å². The molecule has 1 fully saturated rings. The molecular formula is C16H14Cl2N4O4S2. The van der Waals surface area contributed by atoms with Crippen molar-refractivity contribution in [2.24, 2.45) is 11.7 Å². The summed E-state index contributed by atoms with van der Waals surface area (Å²) in [6.07, 6.45) is 3.76. The number of rotatable bonds is 5. The summed E-state index contributed by atoms with van der Waals surface area (Å²) in [7, 11) is 0. The molecular weight excluding hydrogens is 447 g/mol. The molecule has 0 aliphatic carbocycles. The predicted molar refractivity (Wildman–Crippen MR) is 107 cm³/mol. The zero-order chi connectivity index (χ0) is 20.4. The lowest BCUT2D eigenvalue weighted by Crippen LogP contribution is -2.41. The van der Waals surface area contributed by atoms with Gasteiger partial charge in [-0.3, -0.25) is 24.7 Å². The first-order valence-corrected chi connectivity index (χ1v) is 10.5. The summed E-state index contributed by atoms with van der Waals surface area (Å²) in [5, 5.41) is 12.0. The number of likely N-dealkylation sites (tertiary alicyclic amines) is 1. The number of thiophene rings is 1. The number of nitrogens with zero attached hydrogens (tertiary/aromatic N) is 3. The summed E-state index contributed by atoms with van der Waals surface area (Å²) in [6.45, 7) is 0.755. The number of nitro groups is 1. The molecule has 0 unspecified atom stereocenters. The van der Waals surface area contributed by atoms with Gasteiger partial charge in [0.25, 0.3) is 11.6 Å². The van der Waals surface area contributed by atoms with Crippen molar-refractivity contribution >= 4 is 63.8 Å². The molecule has 0 saturated carbocycles. The number of piperidine rings is 1. The van der Waals surface area contributed by atoms with Crippen molar-refractivity contribution in [1.82, 2.24) is 9.88 Å². The standard InChI is InChI=1S/C16H14Cl2N4O4S2/c17-9-6-20-7-10(18)13(9)28-16-11(22(25)26)5-12(27-16)15(24)21-3-1-8(2-4-21)14(19)23/h5-8H,1-4H2,(H2,19,23). The topological polar surface area (TPSA) is 119 Å². The molecule has 2 N–H and O–H groups in total. The highest BCUT2D eigenvalue weighted by Crippen LogP contribution is 2.46. The Balaban J connectivity index is 1.84. The number of pyridine rings is 1. The monoisotopic (exact) mass is 460 g/mol. The molecule has 12 heteroatoms. The Hall–Kier alpha value is -1.88. The lowest BCUT2D eigenvalue weighted by atomic mass is 9.96. The van der Waals surface area contributed by atoms with Crippen LogP contribution in [0.2, 0.25) is 10.0 Å². The summed E-state index contributed by atoms with van der Waals surface area (Å²) in [4.78, 5) is 41.1. The highest BCUT2D eigenvalue weighted by atomic mass is 35.5. The van der Waals surface area contributed by atoms with Crippen LogP contribution in [0.25, 0.3) is 0 Å². The Morgan fingerprint density at radius 3 is 2.43 bits per heavy atom. The minimum Gasteiger partial charge on any atom is -0.369 e. The highest BCUT2D eigenvalue weighted by Gasteiger charge is 2.30. The van der Waals surface area contributed by atoms with E-state index in [1.165, 1.54) is 18.5 Å². The van der Waals surface area contributed by atoms with Crippen LogP contribution in [0.1, 0.15) is 22.5 Å². The maximum Gasteiger partial charge on any atom is 0.294 e. The molecule has 3 heterocycles. The molecule has 2 aromatic rings. The van der Waals surface area contributed by atoms with Gasteiger partial charge in [-0.05, 0) is 12.8 Å². The van der Waals surface area contributed by atoms with Crippen LogP contribution in [0.3, 0.4) is 0 Å². The molecule has 8 nitrogen and oxygen atoms in total. The van der Waals surface area contributed by atoms with Crippen molar-refractivity contribution in [3.05, 3.63) is 43.5 Å². The Bertz CT molecular complexity index is 924. The van der Waals surface area contributed by atoms with E-state index in [0.29, 0.717) is 35.0 Å². The van der Waals surface area contributed by atoms with E-state index in [2.05, 4.69) is 4.98 Å². The number of hydrogen-bond acceptors (Lipinski definition) is 7. The average Bonchev–Trinajstić information content (AvgIpc) is 3.08. The first kappa shape index (κ1) is 20.8. The predicted octanol–water partition coefficient (Wildman–Crippen LogP) is 3.85. The number of nitrogens with two attached hydrogens (primary N) is 1. The number of carbonyl (C=O) groups is 2. The Morgan fingerprint density at radius 2 is 1.89 bits per heavy atom. The van der Waals surface area contributed by atoms with Crippen molar-refractivity contribution in [1.29, 1.82) is 0 Å².